The van der Waals surface area contributed by atoms with Crippen LogP contribution in [0.15, 0.2) is 30.5 Å². The third-order valence-electron chi connectivity index (χ3n) is 8.12. The highest BCUT2D eigenvalue weighted by molar-refractivity contribution is 6.01. The van der Waals surface area contributed by atoms with Crippen molar-refractivity contribution in [2.75, 3.05) is 19.8 Å². The molecular weight excluding hydrogens is 414 g/mol. The Morgan fingerprint density at radius 3 is 2.73 bits per heavy atom. The van der Waals surface area contributed by atoms with Crippen LogP contribution in [0, 0.1) is 11.8 Å². The molecule has 1 saturated carbocycles. The molecule has 6 nitrogen and oxygen atoms in total. The van der Waals surface area contributed by atoms with Crippen molar-refractivity contribution in [2.24, 2.45) is 11.8 Å². The molecule has 3 fully saturated rings. The number of ether oxygens (including phenoxy) is 1. The van der Waals surface area contributed by atoms with Gasteiger partial charge >= 0.3 is 0 Å². The monoisotopic (exact) mass is 451 g/mol. The molecule has 5 rings (SSSR count). The molecule has 2 N–H and O–H groups in total. The minimum atomic E-state index is -0.393. The van der Waals surface area contributed by atoms with Gasteiger partial charge in [0.2, 0.25) is 5.91 Å². The number of nitrogens with zero attached hydrogens (tertiary/aromatic N) is 1. The molecule has 2 saturated heterocycles. The molecule has 3 aliphatic heterocycles. The summed E-state index contributed by atoms with van der Waals surface area (Å²) in [5, 5.41) is 6.73. The quantitative estimate of drug-likeness (QED) is 0.694. The van der Waals surface area contributed by atoms with E-state index in [1.165, 1.54) is 44.1 Å². The van der Waals surface area contributed by atoms with Crippen molar-refractivity contribution in [2.45, 2.75) is 76.4 Å². The first-order valence-electron chi connectivity index (χ1n) is 12.8. The van der Waals surface area contributed by atoms with E-state index in [1.807, 2.05) is 6.07 Å². The highest BCUT2D eigenvalue weighted by Gasteiger charge is 2.38. The average molecular weight is 452 g/mol. The number of hydrogen-bond acceptors (Lipinski definition) is 4. The normalized spacial score (nSPS) is 28.7. The number of carbonyl (C=O) groups is 2. The van der Waals surface area contributed by atoms with Crippen LogP contribution in [0.4, 0.5) is 0 Å². The zero-order valence-corrected chi connectivity index (χ0v) is 19.6. The molecule has 3 heterocycles. The number of hydrogen-bond donors (Lipinski definition) is 2. The number of fused-ring (bicyclic) bond motifs is 1. The van der Waals surface area contributed by atoms with E-state index in [0.29, 0.717) is 24.9 Å². The first-order chi connectivity index (χ1) is 16.1. The van der Waals surface area contributed by atoms with Crippen molar-refractivity contribution in [3.63, 3.8) is 0 Å². The fourth-order valence-corrected chi connectivity index (χ4v) is 6.13. The van der Waals surface area contributed by atoms with Crippen LogP contribution in [0.2, 0.25) is 0 Å². The van der Waals surface area contributed by atoms with Gasteiger partial charge in [-0.1, -0.05) is 31.6 Å². The molecule has 1 aliphatic carbocycles. The first kappa shape index (κ1) is 22.6. The van der Waals surface area contributed by atoms with Gasteiger partial charge in [-0.25, -0.2) is 0 Å². The highest BCUT2D eigenvalue weighted by atomic mass is 16.5. The minimum absolute atomic E-state index is 0.0158. The maximum absolute atomic E-state index is 13.0. The van der Waals surface area contributed by atoms with Gasteiger partial charge in [-0.05, 0) is 80.5 Å². The summed E-state index contributed by atoms with van der Waals surface area (Å²) < 4.78 is 5.51. The van der Waals surface area contributed by atoms with E-state index in [4.69, 9.17) is 4.74 Å². The van der Waals surface area contributed by atoms with Crippen molar-refractivity contribution in [1.82, 2.24) is 15.5 Å². The number of carbonyl (C=O) groups excluding carboxylic acids is 2. The summed E-state index contributed by atoms with van der Waals surface area (Å²) in [5.74, 6) is 1.26. The maximum atomic E-state index is 13.0. The van der Waals surface area contributed by atoms with Gasteiger partial charge in [0, 0.05) is 37.1 Å². The topological polar surface area (TPSA) is 70.7 Å². The Bertz CT molecular complexity index is 908. The van der Waals surface area contributed by atoms with E-state index in [0.717, 1.165) is 55.3 Å². The van der Waals surface area contributed by atoms with Crippen LogP contribution in [-0.4, -0.2) is 48.6 Å². The van der Waals surface area contributed by atoms with Gasteiger partial charge in [-0.2, -0.15) is 0 Å². The van der Waals surface area contributed by atoms with E-state index in [9.17, 15) is 9.59 Å². The average Bonchev–Trinajstić information content (AvgIpc) is 3.14. The van der Waals surface area contributed by atoms with Gasteiger partial charge < -0.3 is 20.3 Å². The number of nitrogens with one attached hydrogen (secondary N) is 2. The van der Waals surface area contributed by atoms with Gasteiger partial charge in [0.25, 0.3) is 5.91 Å². The second kappa shape index (κ2) is 9.98. The lowest BCUT2D eigenvalue weighted by Gasteiger charge is -2.34. The van der Waals surface area contributed by atoms with E-state index < -0.39 is 6.04 Å². The van der Waals surface area contributed by atoms with Crippen molar-refractivity contribution in [3.05, 3.63) is 47.2 Å². The molecule has 33 heavy (non-hydrogen) atoms. The van der Waals surface area contributed by atoms with Crippen LogP contribution in [0.1, 0.15) is 72.9 Å². The SMILES string of the molecule is C=C1CCC(N2Cc3cc(C[C@H]4CCCC[C@@H]4NCC4CCOCC4)ccc3C2=O)C(=O)N1. The number of benzene rings is 1. The summed E-state index contributed by atoms with van der Waals surface area (Å²) in [7, 11) is 0. The molecule has 0 bridgehead atoms. The molecule has 0 radical (unpaired) electrons. The van der Waals surface area contributed by atoms with Crippen LogP contribution in [0.5, 0.6) is 0 Å². The van der Waals surface area contributed by atoms with E-state index in [1.54, 1.807) is 4.90 Å². The summed E-state index contributed by atoms with van der Waals surface area (Å²) >= 11 is 0. The summed E-state index contributed by atoms with van der Waals surface area (Å²) in [6.07, 6.45) is 9.92. The molecular formula is C27H37N3O3. The molecule has 178 valence electrons. The summed E-state index contributed by atoms with van der Waals surface area (Å²) in [6, 6.07) is 6.52. The van der Waals surface area contributed by atoms with E-state index >= 15 is 0 Å². The minimum Gasteiger partial charge on any atom is -0.381 e. The second-order valence-electron chi connectivity index (χ2n) is 10.4. The highest BCUT2D eigenvalue weighted by Crippen LogP contribution is 2.32. The van der Waals surface area contributed by atoms with Crippen molar-refractivity contribution in [3.8, 4) is 0 Å². The largest absolute Gasteiger partial charge is 0.381 e. The zero-order valence-electron chi connectivity index (χ0n) is 19.6. The van der Waals surface area contributed by atoms with Crippen LogP contribution in [0.25, 0.3) is 0 Å². The number of rotatable bonds is 6. The Morgan fingerprint density at radius 1 is 1.09 bits per heavy atom. The van der Waals surface area contributed by atoms with Crippen LogP contribution < -0.4 is 10.6 Å². The molecule has 1 aromatic rings. The maximum Gasteiger partial charge on any atom is 0.255 e. The Kier molecular flexibility index (Phi) is 6.84. The van der Waals surface area contributed by atoms with Crippen molar-refractivity contribution in [1.29, 1.82) is 0 Å². The predicted octanol–water partition coefficient (Wildman–Crippen LogP) is 3.55. The molecule has 6 heteroatoms. The standard InChI is InChI=1S/C27H37N3O3/c1-18-6-9-25(26(31)29-18)30-17-22-15-20(7-8-23(22)27(30)32)14-21-4-2-3-5-24(21)28-16-19-10-12-33-13-11-19/h7-8,15,19,21,24-25,28H,1-6,9-14,16-17H2,(H,29,31)/t21-,24+,25?/m1/s1. The van der Waals surface area contributed by atoms with E-state index in [-0.39, 0.29) is 11.8 Å². The second-order valence-corrected chi connectivity index (χ2v) is 10.4. The Balaban J connectivity index is 1.22. The van der Waals surface area contributed by atoms with E-state index in [2.05, 4.69) is 29.3 Å². The van der Waals surface area contributed by atoms with Gasteiger partial charge in [-0.15, -0.1) is 0 Å². The molecule has 3 atom stereocenters. The summed E-state index contributed by atoms with van der Waals surface area (Å²) in [6.45, 7) is 7.30. The zero-order chi connectivity index (χ0) is 22.8. The van der Waals surface area contributed by atoms with Crippen molar-refractivity contribution < 1.29 is 14.3 Å². The molecule has 2 amide bonds. The fraction of sp³-hybridized carbons (Fsp3) is 0.630. The molecule has 1 unspecified atom stereocenters. The molecule has 0 spiro atoms. The summed E-state index contributed by atoms with van der Waals surface area (Å²) in [5.41, 5.74) is 3.89. The number of piperidine rings is 1. The van der Waals surface area contributed by atoms with Crippen LogP contribution in [0.3, 0.4) is 0 Å². The Labute approximate surface area is 197 Å². The Hall–Kier alpha value is -2.18. The third-order valence-corrected chi connectivity index (χ3v) is 8.12. The number of allylic oxidation sites excluding steroid dienone is 1. The van der Waals surface area contributed by atoms with Gasteiger partial charge in [0.1, 0.15) is 6.04 Å². The van der Waals surface area contributed by atoms with Crippen LogP contribution in [-0.2, 0) is 22.5 Å². The first-order valence-corrected chi connectivity index (χ1v) is 12.8. The molecule has 4 aliphatic rings. The number of amides is 2. The fourth-order valence-electron chi connectivity index (χ4n) is 6.13. The van der Waals surface area contributed by atoms with Crippen molar-refractivity contribution >= 4 is 11.8 Å². The smallest absolute Gasteiger partial charge is 0.255 e. The summed E-state index contributed by atoms with van der Waals surface area (Å²) in [4.78, 5) is 27.2. The molecule has 1 aromatic carbocycles. The van der Waals surface area contributed by atoms with Gasteiger partial charge in [0.05, 0.1) is 0 Å². The Morgan fingerprint density at radius 2 is 1.91 bits per heavy atom. The van der Waals surface area contributed by atoms with Gasteiger partial charge in [0.15, 0.2) is 0 Å². The lowest BCUT2D eigenvalue weighted by molar-refractivity contribution is -0.126. The molecule has 0 aromatic heterocycles. The lowest BCUT2D eigenvalue weighted by atomic mass is 9.80. The lowest BCUT2D eigenvalue weighted by Crippen LogP contribution is -2.49. The third kappa shape index (κ3) is 5.02. The predicted molar refractivity (Wildman–Crippen MR) is 128 cm³/mol. The van der Waals surface area contributed by atoms with Gasteiger partial charge in [-0.3, -0.25) is 9.59 Å². The van der Waals surface area contributed by atoms with Crippen LogP contribution >= 0.6 is 0 Å².